The first-order valence-electron chi connectivity index (χ1n) is 7.03. The number of hydrogen-bond donors (Lipinski definition) is 0. The van der Waals surface area contributed by atoms with Crippen molar-refractivity contribution in [2.45, 2.75) is 44.7 Å². The molecule has 18 heavy (non-hydrogen) atoms. The van der Waals surface area contributed by atoms with Gasteiger partial charge in [0.05, 0.1) is 11.5 Å². The van der Waals surface area contributed by atoms with Crippen LogP contribution in [0.4, 0.5) is 0 Å². The maximum atomic E-state index is 9.50. The van der Waals surface area contributed by atoms with E-state index < -0.39 is 0 Å². The van der Waals surface area contributed by atoms with Crippen molar-refractivity contribution in [3.63, 3.8) is 0 Å². The predicted molar refractivity (Wildman–Crippen MR) is 71.8 cm³/mol. The van der Waals surface area contributed by atoms with Gasteiger partial charge in [0.15, 0.2) is 0 Å². The fourth-order valence-electron chi connectivity index (χ4n) is 3.54. The van der Waals surface area contributed by atoms with E-state index in [0.717, 1.165) is 25.9 Å². The number of nitriles is 1. The Morgan fingerprint density at radius 1 is 1.22 bits per heavy atom. The Hall–Kier alpha value is -1.33. The van der Waals surface area contributed by atoms with Crippen molar-refractivity contribution in [3.8, 4) is 6.07 Å². The van der Waals surface area contributed by atoms with Gasteiger partial charge in [0, 0.05) is 12.6 Å². The largest absolute Gasteiger partial charge is 0.295 e. The summed E-state index contributed by atoms with van der Waals surface area (Å²) in [4.78, 5) is 2.54. The average Bonchev–Trinajstić information content (AvgIpc) is 2.79. The summed E-state index contributed by atoms with van der Waals surface area (Å²) >= 11 is 0. The fraction of sp³-hybridized carbons (Fsp3) is 0.562. The van der Waals surface area contributed by atoms with Gasteiger partial charge in [-0.3, -0.25) is 4.90 Å². The van der Waals surface area contributed by atoms with Crippen LogP contribution in [0.5, 0.6) is 0 Å². The third kappa shape index (κ3) is 1.93. The third-order valence-corrected chi connectivity index (χ3v) is 4.70. The summed E-state index contributed by atoms with van der Waals surface area (Å²) < 4.78 is 0. The second-order valence-corrected chi connectivity index (χ2v) is 5.74. The molecule has 0 bridgehead atoms. The SMILES string of the molecule is N#CC1(C2CCCN2Cc2ccccc2)CCC1. The molecule has 0 N–H and O–H groups in total. The minimum absolute atomic E-state index is 0.0225. The lowest BCUT2D eigenvalue weighted by Gasteiger charge is -2.44. The Morgan fingerprint density at radius 3 is 2.61 bits per heavy atom. The zero-order valence-corrected chi connectivity index (χ0v) is 10.8. The van der Waals surface area contributed by atoms with Crippen LogP contribution in [-0.2, 0) is 6.54 Å². The van der Waals surface area contributed by atoms with E-state index in [4.69, 9.17) is 0 Å². The van der Waals surface area contributed by atoms with Gasteiger partial charge in [0.1, 0.15) is 0 Å². The molecule has 2 nitrogen and oxygen atoms in total. The first kappa shape index (κ1) is 11.7. The summed E-state index contributed by atoms with van der Waals surface area (Å²) in [6, 6.07) is 13.8. The second kappa shape index (κ2) is 4.74. The quantitative estimate of drug-likeness (QED) is 0.810. The van der Waals surface area contributed by atoms with Gasteiger partial charge < -0.3 is 0 Å². The Kier molecular flexibility index (Phi) is 3.09. The minimum Gasteiger partial charge on any atom is -0.295 e. The zero-order chi connectivity index (χ0) is 12.4. The summed E-state index contributed by atoms with van der Waals surface area (Å²) in [5.74, 6) is 0. The zero-order valence-electron chi connectivity index (χ0n) is 10.8. The molecule has 94 valence electrons. The van der Waals surface area contributed by atoms with E-state index in [1.54, 1.807) is 0 Å². The molecule has 2 aliphatic rings. The first-order chi connectivity index (χ1) is 8.84. The van der Waals surface area contributed by atoms with E-state index in [-0.39, 0.29) is 5.41 Å². The van der Waals surface area contributed by atoms with Gasteiger partial charge in [0.2, 0.25) is 0 Å². The van der Waals surface area contributed by atoms with Crippen molar-refractivity contribution in [1.82, 2.24) is 4.90 Å². The van der Waals surface area contributed by atoms with Crippen LogP contribution in [0, 0.1) is 16.7 Å². The van der Waals surface area contributed by atoms with Crippen LogP contribution < -0.4 is 0 Å². The summed E-state index contributed by atoms with van der Waals surface area (Å²) in [5.41, 5.74) is 1.35. The highest BCUT2D eigenvalue weighted by atomic mass is 15.2. The molecule has 1 heterocycles. The molecule has 1 aromatic carbocycles. The van der Waals surface area contributed by atoms with Gasteiger partial charge in [-0.05, 0) is 37.8 Å². The van der Waals surface area contributed by atoms with Gasteiger partial charge in [0.25, 0.3) is 0 Å². The molecule has 1 aliphatic heterocycles. The third-order valence-electron chi connectivity index (χ3n) is 4.70. The molecule has 1 aromatic rings. The number of likely N-dealkylation sites (tertiary alicyclic amines) is 1. The highest BCUT2D eigenvalue weighted by molar-refractivity contribution is 5.17. The maximum Gasteiger partial charge on any atom is 0.0729 e. The molecular formula is C16H20N2. The van der Waals surface area contributed by atoms with E-state index in [1.165, 1.54) is 24.8 Å². The molecule has 0 radical (unpaired) electrons. The molecule has 1 atom stereocenters. The molecule has 1 aliphatic carbocycles. The first-order valence-corrected chi connectivity index (χ1v) is 7.03. The minimum atomic E-state index is -0.0225. The van der Waals surface area contributed by atoms with Crippen LogP contribution in [-0.4, -0.2) is 17.5 Å². The van der Waals surface area contributed by atoms with E-state index in [0.29, 0.717) is 6.04 Å². The smallest absolute Gasteiger partial charge is 0.0729 e. The topological polar surface area (TPSA) is 27.0 Å². The van der Waals surface area contributed by atoms with Crippen molar-refractivity contribution in [1.29, 1.82) is 5.26 Å². The fourth-order valence-corrected chi connectivity index (χ4v) is 3.54. The molecule has 1 unspecified atom stereocenters. The van der Waals surface area contributed by atoms with Crippen molar-refractivity contribution < 1.29 is 0 Å². The van der Waals surface area contributed by atoms with E-state index in [9.17, 15) is 5.26 Å². The number of nitrogens with zero attached hydrogens (tertiary/aromatic N) is 2. The van der Waals surface area contributed by atoms with Crippen molar-refractivity contribution >= 4 is 0 Å². The Labute approximate surface area is 109 Å². The number of rotatable bonds is 3. The summed E-state index contributed by atoms with van der Waals surface area (Å²) in [6.45, 7) is 2.16. The van der Waals surface area contributed by atoms with Crippen molar-refractivity contribution in [3.05, 3.63) is 35.9 Å². The maximum absolute atomic E-state index is 9.50. The average molecular weight is 240 g/mol. The van der Waals surface area contributed by atoms with Crippen LogP contribution in [0.3, 0.4) is 0 Å². The lowest BCUT2D eigenvalue weighted by molar-refractivity contribution is 0.0671. The molecule has 1 saturated carbocycles. The lowest BCUT2D eigenvalue weighted by atomic mass is 9.64. The molecule has 2 heteroatoms. The Balaban J connectivity index is 1.74. The predicted octanol–water partition coefficient (Wildman–Crippen LogP) is 3.34. The molecule has 1 saturated heterocycles. The van der Waals surface area contributed by atoms with E-state index in [1.807, 2.05) is 0 Å². The van der Waals surface area contributed by atoms with Crippen LogP contribution >= 0.6 is 0 Å². The van der Waals surface area contributed by atoms with Crippen LogP contribution in [0.25, 0.3) is 0 Å². The molecule has 2 fully saturated rings. The molecule has 0 amide bonds. The van der Waals surface area contributed by atoms with Crippen molar-refractivity contribution in [2.24, 2.45) is 5.41 Å². The van der Waals surface area contributed by atoms with E-state index in [2.05, 4.69) is 41.3 Å². The number of benzene rings is 1. The highest BCUT2D eigenvalue weighted by Crippen LogP contribution is 2.48. The molecule has 0 spiro atoms. The summed E-state index contributed by atoms with van der Waals surface area (Å²) in [6.07, 6.45) is 5.92. The molecular weight excluding hydrogens is 220 g/mol. The standard InChI is InChI=1S/C16H20N2/c17-13-16(9-5-10-16)15-8-4-11-18(15)12-14-6-2-1-3-7-14/h1-3,6-7,15H,4-5,8-12H2. The lowest BCUT2D eigenvalue weighted by Crippen LogP contribution is -2.47. The second-order valence-electron chi connectivity index (χ2n) is 5.74. The Morgan fingerprint density at radius 2 is 2.00 bits per heavy atom. The van der Waals surface area contributed by atoms with Gasteiger partial charge >= 0.3 is 0 Å². The van der Waals surface area contributed by atoms with Crippen LogP contribution in [0.1, 0.15) is 37.7 Å². The molecule has 3 rings (SSSR count). The number of hydrogen-bond acceptors (Lipinski definition) is 2. The highest BCUT2D eigenvalue weighted by Gasteiger charge is 2.48. The normalized spacial score (nSPS) is 26.5. The van der Waals surface area contributed by atoms with Crippen LogP contribution in [0.15, 0.2) is 30.3 Å². The van der Waals surface area contributed by atoms with E-state index >= 15 is 0 Å². The Bertz CT molecular complexity index is 442. The van der Waals surface area contributed by atoms with Gasteiger partial charge in [-0.15, -0.1) is 0 Å². The van der Waals surface area contributed by atoms with Gasteiger partial charge in [-0.2, -0.15) is 5.26 Å². The van der Waals surface area contributed by atoms with Crippen molar-refractivity contribution in [2.75, 3.05) is 6.54 Å². The monoisotopic (exact) mass is 240 g/mol. The molecule has 0 aromatic heterocycles. The van der Waals surface area contributed by atoms with Crippen LogP contribution in [0.2, 0.25) is 0 Å². The van der Waals surface area contributed by atoms with Gasteiger partial charge in [-0.25, -0.2) is 0 Å². The van der Waals surface area contributed by atoms with Gasteiger partial charge in [-0.1, -0.05) is 36.8 Å². The summed E-state index contributed by atoms with van der Waals surface area (Å²) in [5, 5.41) is 9.50. The summed E-state index contributed by atoms with van der Waals surface area (Å²) in [7, 11) is 0.